The van der Waals surface area contributed by atoms with Gasteiger partial charge in [-0.2, -0.15) is 0 Å². The van der Waals surface area contributed by atoms with Crippen LogP contribution in [-0.4, -0.2) is 44.4 Å². The maximum absolute atomic E-state index is 11.0. The van der Waals surface area contributed by atoms with Crippen molar-refractivity contribution in [2.24, 2.45) is 5.73 Å². The molecule has 0 aliphatic carbocycles. The maximum atomic E-state index is 11.0. The Morgan fingerprint density at radius 1 is 1.56 bits per heavy atom. The van der Waals surface area contributed by atoms with E-state index in [1.54, 1.807) is 24.1 Å². The standard InChI is InChI=1S/C12H19N3O3/c1-15(6-9(16)7-18-2)11-4-3-8(12(14)17)5-10(11)13/h3-5,9,16H,6-7,13H2,1-2H3,(H2,14,17). The summed E-state index contributed by atoms with van der Waals surface area (Å²) in [5.41, 5.74) is 12.5. The normalized spacial score (nSPS) is 12.2. The molecule has 6 heteroatoms. The number of carbonyl (C=O) groups is 1. The van der Waals surface area contributed by atoms with Crippen LogP contribution in [0.5, 0.6) is 0 Å². The van der Waals surface area contributed by atoms with Crippen molar-refractivity contribution in [1.29, 1.82) is 0 Å². The highest BCUT2D eigenvalue weighted by molar-refractivity contribution is 5.94. The highest BCUT2D eigenvalue weighted by atomic mass is 16.5. The third kappa shape index (κ3) is 3.61. The van der Waals surface area contributed by atoms with Gasteiger partial charge in [0.1, 0.15) is 0 Å². The molecule has 1 aromatic rings. The predicted molar refractivity (Wildman–Crippen MR) is 70.5 cm³/mol. The minimum Gasteiger partial charge on any atom is -0.397 e. The first kappa shape index (κ1) is 14.3. The van der Waals surface area contributed by atoms with Gasteiger partial charge >= 0.3 is 0 Å². The molecule has 0 saturated carbocycles. The molecule has 0 radical (unpaired) electrons. The lowest BCUT2D eigenvalue weighted by Gasteiger charge is -2.24. The molecule has 0 aliphatic heterocycles. The predicted octanol–water partition coefficient (Wildman–Crippen LogP) is -0.189. The van der Waals surface area contributed by atoms with Gasteiger partial charge in [0.15, 0.2) is 0 Å². The van der Waals surface area contributed by atoms with Crippen LogP contribution in [0.3, 0.4) is 0 Å². The largest absolute Gasteiger partial charge is 0.397 e. The molecule has 100 valence electrons. The molecule has 1 amide bonds. The van der Waals surface area contributed by atoms with Gasteiger partial charge in [0.2, 0.25) is 5.91 Å². The highest BCUT2D eigenvalue weighted by Gasteiger charge is 2.12. The fourth-order valence-corrected chi connectivity index (χ4v) is 1.71. The molecule has 0 aliphatic rings. The number of primary amides is 1. The summed E-state index contributed by atoms with van der Waals surface area (Å²) in [6.07, 6.45) is -0.602. The van der Waals surface area contributed by atoms with Crippen LogP contribution >= 0.6 is 0 Å². The van der Waals surface area contributed by atoms with E-state index in [0.29, 0.717) is 17.8 Å². The van der Waals surface area contributed by atoms with Crippen LogP contribution in [0.4, 0.5) is 11.4 Å². The Morgan fingerprint density at radius 2 is 2.22 bits per heavy atom. The van der Waals surface area contributed by atoms with E-state index >= 15 is 0 Å². The number of ether oxygens (including phenoxy) is 1. The van der Waals surface area contributed by atoms with E-state index in [9.17, 15) is 9.90 Å². The summed E-state index contributed by atoms with van der Waals surface area (Å²) < 4.78 is 4.85. The molecule has 1 atom stereocenters. The van der Waals surface area contributed by atoms with Crippen LogP contribution in [0.1, 0.15) is 10.4 Å². The molecule has 0 spiro atoms. The van der Waals surface area contributed by atoms with Gasteiger partial charge in [0, 0.05) is 26.3 Å². The second-order valence-corrected chi connectivity index (χ2v) is 4.13. The van der Waals surface area contributed by atoms with Gasteiger partial charge < -0.3 is 26.2 Å². The second-order valence-electron chi connectivity index (χ2n) is 4.13. The minimum atomic E-state index is -0.602. The van der Waals surface area contributed by atoms with E-state index in [4.69, 9.17) is 16.2 Å². The van der Waals surface area contributed by atoms with Crippen LogP contribution in [0.2, 0.25) is 0 Å². The molecule has 5 N–H and O–H groups in total. The SMILES string of the molecule is COCC(O)CN(C)c1ccc(C(N)=O)cc1N. The first-order valence-electron chi connectivity index (χ1n) is 5.53. The molecule has 18 heavy (non-hydrogen) atoms. The molecule has 0 saturated heterocycles. The second kappa shape index (κ2) is 6.23. The summed E-state index contributed by atoms with van der Waals surface area (Å²) in [5.74, 6) is -0.518. The lowest BCUT2D eigenvalue weighted by atomic mass is 10.1. The van der Waals surface area contributed by atoms with Gasteiger partial charge in [-0.3, -0.25) is 4.79 Å². The maximum Gasteiger partial charge on any atom is 0.248 e. The van der Waals surface area contributed by atoms with Crippen molar-refractivity contribution in [2.45, 2.75) is 6.10 Å². The van der Waals surface area contributed by atoms with Gasteiger partial charge in [-0.05, 0) is 18.2 Å². The summed E-state index contributed by atoms with van der Waals surface area (Å²) in [6.45, 7) is 0.636. The quantitative estimate of drug-likeness (QED) is 0.610. The zero-order chi connectivity index (χ0) is 13.7. The number of amides is 1. The van der Waals surface area contributed by atoms with Crippen molar-refractivity contribution in [3.8, 4) is 0 Å². The Kier molecular flexibility index (Phi) is 4.94. The highest BCUT2D eigenvalue weighted by Crippen LogP contribution is 2.23. The van der Waals surface area contributed by atoms with E-state index in [0.717, 1.165) is 5.69 Å². The number of aliphatic hydroxyl groups excluding tert-OH is 1. The molecule has 1 unspecified atom stereocenters. The number of nitrogens with two attached hydrogens (primary N) is 2. The van der Waals surface area contributed by atoms with Gasteiger partial charge in [-0.15, -0.1) is 0 Å². The van der Waals surface area contributed by atoms with Gasteiger partial charge in [-0.25, -0.2) is 0 Å². The molecule has 0 aromatic heterocycles. The number of anilines is 2. The van der Waals surface area contributed by atoms with Crippen molar-refractivity contribution < 1.29 is 14.6 Å². The number of rotatable bonds is 6. The number of hydrogen-bond donors (Lipinski definition) is 3. The molecule has 6 nitrogen and oxygen atoms in total. The third-order valence-corrected chi connectivity index (χ3v) is 2.57. The van der Waals surface area contributed by atoms with E-state index in [1.807, 2.05) is 0 Å². The first-order valence-corrected chi connectivity index (χ1v) is 5.53. The van der Waals surface area contributed by atoms with Crippen LogP contribution in [0, 0.1) is 0 Å². The average molecular weight is 253 g/mol. The zero-order valence-corrected chi connectivity index (χ0v) is 10.6. The summed E-state index contributed by atoms with van der Waals surface area (Å²) in [4.78, 5) is 12.8. The molecular formula is C12H19N3O3. The average Bonchev–Trinajstić information content (AvgIpc) is 2.28. The van der Waals surface area contributed by atoms with E-state index < -0.39 is 12.0 Å². The first-order chi connectivity index (χ1) is 8.45. The summed E-state index contributed by atoms with van der Waals surface area (Å²) in [6, 6.07) is 4.83. The summed E-state index contributed by atoms with van der Waals surface area (Å²) in [5, 5.41) is 9.63. The Bertz CT molecular complexity index is 423. The molecule has 1 rings (SSSR count). The van der Waals surface area contributed by atoms with Gasteiger partial charge in [0.05, 0.1) is 24.1 Å². The molecule has 0 fully saturated rings. The van der Waals surface area contributed by atoms with Crippen molar-refractivity contribution in [3.05, 3.63) is 23.8 Å². The fourth-order valence-electron chi connectivity index (χ4n) is 1.71. The van der Waals surface area contributed by atoms with E-state index in [1.165, 1.54) is 13.2 Å². The topological polar surface area (TPSA) is 102 Å². The number of carbonyl (C=O) groups excluding carboxylic acids is 1. The number of likely N-dealkylation sites (N-methyl/N-ethyl adjacent to an activating group) is 1. The van der Waals surface area contributed by atoms with Crippen LogP contribution in [0.25, 0.3) is 0 Å². The molecule has 0 bridgehead atoms. The van der Waals surface area contributed by atoms with Crippen LogP contribution in [0.15, 0.2) is 18.2 Å². The summed E-state index contributed by atoms with van der Waals surface area (Å²) >= 11 is 0. The third-order valence-electron chi connectivity index (χ3n) is 2.57. The van der Waals surface area contributed by atoms with Crippen LogP contribution < -0.4 is 16.4 Å². The number of benzene rings is 1. The van der Waals surface area contributed by atoms with E-state index in [2.05, 4.69) is 0 Å². The van der Waals surface area contributed by atoms with E-state index in [-0.39, 0.29) is 6.61 Å². The number of nitrogen functional groups attached to an aromatic ring is 1. The smallest absolute Gasteiger partial charge is 0.248 e. The number of aliphatic hydroxyl groups is 1. The van der Waals surface area contributed by atoms with Crippen molar-refractivity contribution in [1.82, 2.24) is 0 Å². The number of nitrogens with zero attached hydrogens (tertiary/aromatic N) is 1. The molecule has 0 heterocycles. The molecular weight excluding hydrogens is 234 g/mol. The monoisotopic (exact) mass is 253 g/mol. The number of methoxy groups -OCH3 is 1. The van der Waals surface area contributed by atoms with Gasteiger partial charge in [0.25, 0.3) is 0 Å². The molecule has 1 aromatic carbocycles. The van der Waals surface area contributed by atoms with Crippen molar-refractivity contribution in [3.63, 3.8) is 0 Å². The number of hydrogen-bond acceptors (Lipinski definition) is 5. The Labute approximate surface area is 106 Å². The lowest BCUT2D eigenvalue weighted by molar-refractivity contribution is 0.0695. The Morgan fingerprint density at radius 3 is 2.72 bits per heavy atom. The van der Waals surface area contributed by atoms with Crippen LogP contribution in [-0.2, 0) is 4.74 Å². The fraction of sp³-hybridized carbons (Fsp3) is 0.417. The minimum absolute atomic E-state index is 0.254. The van der Waals surface area contributed by atoms with Gasteiger partial charge in [-0.1, -0.05) is 0 Å². The zero-order valence-electron chi connectivity index (χ0n) is 10.6. The van der Waals surface area contributed by atoms with Crippen molar-refractivity contribution >= 4 is 17.3 Å². The Hall–Kier alpha value is -1.79. The summed E-state index contributed by atoms with van der Waals surface area (Å²) in [7, 11) is 3.33. The van der Waals surface area contributed by atoms with Crippen molar-refractivity contribution in [2.75, 3.05) is 37.9 Å². The Balaban J connectivity index is 2.80. The lowest BCUT2D eigenvalue weighted by Crippen LogP contribution is -2.32.